The van der Waals surface area contributed by atoms with Crippen molar-refractivity contribution < 1.29 is 13.6 Å². The van der Waals surface area contributed by atoms with Crippen LogP contribution in [0.5, 0.6) is 0 Å². The van der Waals surface area contributed by atoms with Gasteiger partial charge < -0.3 is 10.6 Å². The van der Waals surface area contributed by atoms with Crippen LogP contribution in [0.1, 0.15) is 18.9 Å². The van der Waals surface area contributed by atoms with Crippen LogP contribution in [-0.2, 0) is 11.3 Å². The summed E-state index contributed by atoms with van der Waals surface area (Å²) in [4.78, 5) is 13.0. The molecule has 1 rings (SSSR count). The molecule has 0 saturated carbocycles. The molecule has 1 aromatic rings. The molecule has 0 radical (unpaired) electrons. The van der Waals surface area contributed by atoms with E-state index in [4.69, 9.17) is 5.73 Å². The SMILES string of the molecule is CC(N)CC(=O)N(C)Cc1ccc(F)c(F)c1.Cl. The first-order valence-corrected chi connectivity index (χ1v) is 5.33. The molecule has 0 fully saturated rings. The normalized spacial score (nSPS) is 11.6. The van der Waals surface area contributed by atoms with Crippen LogP contribution in [0.25, 0.3) is 0 Å². The van der Waals surface area contributed by atoms with Crippen molar-refractivity contribution in [2.24, 2.45) is 5.73 Å². The number of amides is 1. The van der Waals surface area contributed by atoms with E-state index in [0.29, 0.717) is 5.56 Å². The molecule has 0 saturated heterocycles. The van der Waals surface area contributed by atoms with Gasteiger partial charge in [0.2, 0.25) is 5.91 Å². The number of carbonyl (C=O) groups is 1. The number of carbonyl (C=O) groups excluding carboxylic acids is 1. The minimum atomic E-state index is -0.907. The van der Waals surface area contributed by atoms with E-state index in [-0.39, 0.29) is 37.3 Å². The van der Waals surface area contributed by atoms with E-state index < -0.39 is 11.6 Å². The fraction of sp³-hybridized carbons (Fsp3) is 0.417. The highest BCUT2D eigenvalue weighted by Gasteiger charge is 2.12. The predicted octanol–water partition coefficient (Wildman–Crippen LogP) is 2.08. The second-order valence-electron chi connectivity index (χ2n) is 4.18. The first kappa shape index (κ1) is 16.8. The van der Waals surface area contributed by atoms with E-state index in [1.807, 2.05) is 0 Å². The summed E-state index contributed by atoms with van der Waals surface area (Å²) in [5.74, 6) is -1.92. The fourth-order valence-electron chi connectivity index (χ4n) is 1.43. The Morgan fingerprint density at radius 3 is 2.50 bits per heavy atom. The number of rotatable bonds is 4. The average Bonchev–Trinajstić information content (AvgIpc) is 2.22. The molecule has 18 heavy (non-hydrogen) atoms. The molecule has 2 N–H and O–H groups in total. The lowest BCUT2D eigenvalue weighted by molar-refractivity contribution is -0.130. The minimum absolute atomic E-state index is 0. The van der Waals surface area contributed by atoms with Gasteiger partial charge in [-0.15, -0.1) is 12.4 Å². The van der Waals surface area contributed by atoms with Crippen molar-refractivity contribution in [3.05, 3.63) is 35.4 Å². The molecule has 0 aliphatic carbocycles. The molecular formula is C12H17ClF2N2O. The summed E-state index contributed by atoms with van der Waals surface area (Å²) in [5.41, 5.74) is 6.06. The number of hydrogen-bond acceptors (Lipinski definition) is 2. The van der Waals surface area contributed by atoms with Gasteiger partial charge in [0.05, 0.1) is 0 Å². The van der Waals surface area contributed by atoms with E-state index in [2.05, 4.69) is 0 Å². The highest BCUT2D eigenvalue weighted by Crippen LogP contribution is 2.11. The lowest BCUT2D eigenvalue weighted by Gasteiger charge is -2.18. The Hall–Kier alpha value is -1.20. The van der Waals surface area contributed by atoms with Crippen LogP contribution in [-0.4, -0.2) is 23.9 Å². The van der Waals surface area contributed by atoms with Gasteiger partial charge in [-0.25, -0.2) is 8.78 Å². The molecular weight excluding hydrogens is 262 g/mol. The maximum Gasteiger partial charge on any atom is 0.224 e. The Kier molecular flexibility index (Phi) is 6.80. The van der Waals surface area contributed by atoms with Crippen LogP contribution in [0.4, 0.5) is 8.78 Å². The average molecular weight is 279 g/mol. The second-order valence-corrected chi connectivity index (χ2v) is 4.18. The third kappa shape index (κ3) is 4.98. The molecule has 0 spiro atoms. The van der Waals surface area contributed by atoms with Crippen LogP contribution in [0.2, 0.25) is 0 Å². The Morgan fingerprint density at radius 1 is 1.39 bits per heavy atom. The Labute approximate surface area is 111 Å². The summed E-state index contributed by atoms with van der Waals surface area (Å²) in [6.45, 7) is 1.98. The second kappa shape index (κ2) is 7.28. The molecule has 0 aliphatic heterocycles. The van der Waals surface area contributed by atoms with Crippen molar-refractivity contribution in [1.29, 1.82) is 0 Å². The van der Waals surface area contributed by atoms with Crippen molar-refractivity contribution in [3.63, 3.8) is 0 Å². The third-order valence-corrected chi connectivity index (χ3v) is 2.33. The van der Waals surface area contributed by atoms with Gasteiger partial charge in [0.25, 0.3) is 0 Å². The van der Waals surface area contributed by atoms with Gasteiger partial charge in [-0.1, -0.05) is 6.07 Å². The number of hydrogen-bond donors (Lipinski definition) is 1. The monoisotopic (exact) mass is 278 g/mol. The highest BCUT2D eigenvalue weighted by molar-refractivity contribution is 5.85. The molecule has 1 atom stereocenters. The Balaban J connectivity index is 0.00000289. The Morgan fingerprint density at radius 2 is 2.00 bits per heavy atom. The third-order valence-electron chi connectivity index (χ3n) is 2.33. The summed E-state index contributed by atoms with van der Waals surface area (Å²) >= 11 is 0. The van der Waals surface area contributed by atoms with Crippen molar-refractivity contribution in [2.75, 3.05) is 7.05 Å². The molecule has 1 amide bonds. The van der Waals surface area contributed by atoms with Gasteiger partial charge >= 0.3 is 0 Å². The summed E-state index contributed by atoms with van der Waals surface area (Å²) in [6.07, 6.45) is 0.236. The van der Waals surface area contributed by atoms with Crippen molar-refractivity contribution in [2.45, 2.75) is 25.9 Å². The molecule has 1 aromatic carbocycles. The first-order chi connectivity index (χ1) is 7.90. The molecule has 102 valence electrons. The van der Waals surface area contributed by atoms with E-state index >= 15 is 0 Å². The zero-order chi connectivity index (χ0) is 13.0. The van der Waals surface area contributed by atoms with Crippen LogP contribution >= 0.6 is 12.4 Å². The van der Waals surface area contributed by atoms with Crippen molar-refractivity contribution in [3.8, 4) is 0 Å². The van der Waals surface area contributed by atoms with E-state index in [9.17, 15) is 13.6 Å². The van der Waals surface area contributed by atoms with Gasteiger partial charge in [-0.05, 0) is 24.6 Å². The number of nitrogens with zero attached hydrogens (tertiary/aromatic N) is 1. The zero-order valence-corrected chi connectivity index (χ0v) is 11.1. The lowest BCUT2D eigenvalue weighted by Crippen LogP contribution is -2.31. The van der Waals surface area contributed by atoms with E-state index in [1.54, 1.807) is 14.0 Å². The minimum Gasteiger partial charge on any atom is -0.341 e. The van der Waals surface area contributed by atoms with Crippen LogP contribution in [0.3, 0.4) is 0 Å². The summed E-state index contributed by atoms with van der Waals surface area (Å²) < 4.78 is 25.6. The Bertz CT molecular complexity index is 413. The molecule has 1 unspecified atom stereocenters. The quantitative estimate of drug-likeness (QED) is 0.917. The van der Waals surface area contributed by atoms with Crippen LogP contribution in [0.15, 0.2) is 18.2 Å². The molecule has 6 heteroatoms. The molecule has 0 aliphatic rings. The number of halogens is 3. The number of benzene rings is 1. The summed E-state index contributed by atoms with van der Waals surface area (Å²) in [5, 5.41) is 0. The molecule has 0 heterocycles. The molecule has 0 aromatic heterocycles. The smallest absolute Gasteiger partial charge is 0.224 e. The van der Waals surface area contributed by atoms with Gasteiger partial charge in [0.15, 0.2) is 11.6 Å². The van der Waals surface area contributed by atoms with Gasteiger partial charge in [0, 0.05) is 26.1 Å². The maximum atomic E-state index is 12.9. The summed E-state index contributed by atoms with van der Waals surface area (Å²) in [6, 6.07) is 3.38. The topological polar surface area (TPSA) is 46.3 Å². The van der Waals surface area contributed by atoms with Gasteiger partial charge in [0.1, 0.15) is 0 Å². The van der Waals surface area contributed by atoms with E-state index in [1.165, 1.54) is 11.0 Å². The maximum absolute atomic E-state index is 12.9. The lowest BCUT2D eigenvalue weighted by atomic mass is 10.2. The fourth-order valence-corrected chi connectivity index (χ4v) is 1.43. The van der Waals surface area contributed by atoms with Gasteiger partial charge in [-0.3, -0.25) is 4.79 Å². The molecule has 0 bridgehead atoms. The van der Waals surface area contributed by atoms with Crippen molar-refractivity contribution in [1.82, 2.24) is 4.90 Å². The predicted molar refractivity (Wildman–Crippen MR) is 68.3 cm³/mol. The first-order valence-electron chi connectivity index (χ1n) is 5.33. The largest absolute Gasteiger partial charge is 0.341 e. The number of nitrogens with two attached hydrogens (primary N) is 1. The molecule has 3 nitrogen and oxygen atoms in total. The van der Waals surface area contributed by atoms with Crippen LogP contribution in [0, 0.1) is 11.6 Å². The standard InChI is InChI=1S/C12H16F2N2O.ClH/c1-8(15)5-12(17)16(2)7-9-3-4-10(13)11(14)6-9;/h3-4,6,8H,5,7,15H2,1-2H3;1H. The zero-order valence-electron chi connectivity index (χ0n) is 10.3. The highest BCUT2D eigenvalue weighted by atomic mass is 35.5. The van der Waals surface area contributed by atoms with Gasteiger partial charge in [-0.2, -0.15) is 0 Å². The van der Waals surface area contributed by atoms with E-state index in [0.717, 1.165) is 12.1 Å². The summed E-state index contributed by atoms with van der Waals surface area (Å²) in [7, 11) is 1.60. The van der Waals surface area contributed by atoms with Crippen LogP contribution < -0.4 is 5.73 Å². The van der Waals surface area contributed by atoms with Crippen molar-refractivity contribution >= 4 is 18.3 Å².